The molecule has 0 spiro atoms. The Morgan fingerprint density at radius 2 is 1.90 bits per heavy atom. The van der Waals surface area contributed by atoms with Gasteiger partial charge in [-0.2, -0.15) is 0 Å². The first-order valence-electron chi connectivity index (χ1n) is 8.70. The number of amides is 4. The molecule has 1 aromatic heterocycles. The lowest BCUT2D eigenvalue weighted by Gasteiger charge is -2.25. The van der Waals surface area contributed by atoms with E-state index < -0.39 is 35.7 Å². The third-order valence-electron chi connectivity index (χ3n) is 4.71. The van der Waals surface area contributed by atoms with Crippen molar-refractivity contribution in [1.29, 1.82) is 0 Å². The molecule has 2 aromatic rings. The Morgan fingerprint density at radius 1 is 1.24 bits per heavy atom. The molecule has 152 valence electrons. The van der Waals surface area contributed by atoms with Crippen LogP contribution in [0.15, 0.2) is 30.3 Å². The summed E-state index contributed by atoms with van der Waals surface area (Å²) in [4.78, 5) is 42.8. The van der Waals surface area contributed by atoms with Gasteiger partial charge >= 0.3 is 6.03 Å². The zero-order valence-electron chi connectivity index (χ0n) is 15.6. The summed E-state index contributed by atoms with van der Waals surface area (Å²) in [5, 5.41) is 5.57. The number of imide groups is 1. The van der Waals surface area contributed by atoms with Gasteiger partial charge < -0.3 is 10.6 Å². The molecule has 0 saturated carbocycles. The Morgan fingerprint density at radius 3 is 2.52 bits per heavy atom. The van der Waals surface area contributed by atoms with E-state index in [9.17, 15) is 18.8 Å². The molecule has 3 rings (SSSR count). The summed E-state index contributed by atoms with van der Waals surface area (Å²) in [5.41, 5.74) is -0.471. The molecule has 1 aliphatic rings. The molecule has 1 aliphatic heterocycles. The molecule has 2 heterocycles. The van der Waals surface area contributed by atoms with Crippen LogP contribution in [0.25, 0.3) is 0 Å². The number of carbonyl (C=O) groups is 3. The number of carbonyl (C=O) groups excluding carboxylic acids is 3. The fourth-order valence-corrected chi connectivity index (χ4v) is 3.51. The Labute approximate surface area is 176 Å². The lowest BCUT2D eigenvalue weighted by Crippen LogP contribution is -2.44. The molecule has 1 saturated heterocycles. The van der Waals surface area contributed by atoms with Crippen LogP contribution in [-0.2, 0) is 15.1 Å². The predicted octanol–water partition coefficient (Wildman–Crippen LogP) is 3.63. The largest absolute Gasteiger partial charge is 0.325 e. The van der Waals surface area contributed by atoms with Crippen LogP contribution in [0.5, 0.6) is 0 Å². The minimum atomic E-state index is -1.36. The number of urea groups is 1. The molecular weight excluding hydrogens is 422 g/mol. The van der Waals surface area contributed by atoms with Crippen LogP contribution < -0.4 is 10.6 Å². The van der Waals surface area contributed by atoms with Gasteiger partial charge in [-0.25, -0.2) is 14.2 Å². The smallest absolute Gasteiger partial charge is 0.319 e. The van der Waals surface area contributed by atoms with Gasteiger partial charge in [0, 0.05) is 0 Å². The Hall–Kier alpha value is -2.71. The lowest BCUT2D eigenvalue weighted by atomic mass is 9.87. The van der Waals surface area contributed by atoms with E-state index in [0.29, 0.717) is 16.3 Å². The number of rotatable bonds is 5. The van der Waals surface area contributed by atoms with E-state index in [1.54, 1.807) is 13.8 Å². The number of benzene rings is 1. The molecular formula is C19H17Cl2FN4O3. The first-order chi connectivity index (χ1) is 13.7. The third kappa shape index (κ3) is 3.90. The van der Waals surface area contributed by atoms with Crippen molar-refractivity contribution in [2.45, 2.75) is 25.8 Å². The summed E-state index contributed by atoms with van der Waals surface area (Å²) >= 11 is 12.0. The van der Waals surface area contributed by atoms with Crippen LogP contribution in [0.3, 0.4) is 0 Å². The van der Waals surface area contributed by atoms with Crippen molar-refractivity contribution in [2.24, 2.45) is 0 Å². The zero-order chi connectivity index (χ0) is 21.3. The topological polar surface area (TPSA) is 91.4 Å². The number of hydrogen-bond donors (Lipinski definition) is 2. The standard InChI is InChI=1S/C19H17Cl2FN4O3/c1-3-19(11-4-6-12(22)7-5-11)17(28)26(18(29)25-19)9-15(27)24-16-14(21)8-13(20)10(2)23-16/h4-8H,3,9H2,1-2H3,(H,25,29)(H,23,24,27). The summed E-state index contributed by atoms with van der Waals surface area (Å²) in [6.45, 7) is 2.82. The van der Waals surface area contributed by atoms with Gasteiger partial charge in [0.05, 0.1) is 15.7 Å². The average Bonchev–Trinajstić information content (AvgIpc) is 2.91. The van der Waals surface area contributed by atoms with Crippen LogP contribution >= 0.6 is 23.2 Å². The molecule has 7 nitrogen and oxygen atoms in total. The van der Waals surface area contributed by atoms with E-state index in [4.69, 9.17) is 23.2 Å². The Balaban J connectivity index is 1.80. The molecule has 1 fully saturated rings. The highest BCUT2D eigenvalue weighted by molar-refractivity contribution is 6.36. The molecule has 29 heavy (non-hydrogen) atoms. The predicted molar refractivity (Wildman–Crippen MR) is 106 cm³/mol. The van der Waals surface area contributed by atoms with Crippen LogP contribution in [0, 0.1) is 12.7 Å². The Bertz CT molecular complexity index is 1000. The summed E-state index contributed by atoms with van der Waals surface area (Å²) < 4.78 is 13.3. The van der Waals surface area contributed by atoms with Crippen LogP contribution in [0.4, 0.5) is 15.0 Å². The maximum atomic E-state index is 13.3. The average molecular weight is 439 g/mol. The van der Waals surface area contributed by atoms with Crippen molar-refractivity contribution in [3.05, 3.63) is 57.5 Å². The zero-order valence-corrected chi connectivity index (χ0v) is 17.1. The molecule has 1 unspecified atom stereocenters. The number of anilines is 1. The second kappa shape index (κ2) is 7.96. The molecule has 2 N–H and O–H groups in total. The summed E-state index contributed by atoms with van der Waals surface area (Å²) in [7, 11) is 0. The first-order valence-corrected chi connectivity index (χ1v) is 9.46. The van der Waals surface area contributed by atoms with Gasteiger partial charge in [0.15, 0.2) is 5.82 Å². The van der Waals surface area contributed by atoms with Crippen LogP contribution in [0.1, 0.15) is 24.6 Å². The number of hydrogen-bond acceptors (Lipinski definition) is 4. The molecule has 10 heteroatoms. The van der Waals surface area contributed by atoms with Crippen molar-refractivity contribution >= 4 is 46.9 Å². The van der Waals surface area contributed by atoms with E-state index in [1.165, 1.54) is 30.3 Å². The maximum Gasteiger partial charge on any atom is 0.325 e. The van der Waals surface area contributed by atoms with Crippen LogP contribution in [-0.4, -0.2) is 34.3 Å². The highest BCUT2D eigenvalue weighted by Gasteiger charge is 2.51. The fourth-order valence-electron chi connectivity index (χ4n) is 3.10. The summed E-state index contributed by atoms with van der Waals surface area (Å²) in [6.07, 6.45) is 0.227. The normalized spacial score (nSPS) is 18.7. The summed E-state index contributed by atoms with van der Waals surface area (Å²) in [6, 6.07) is 5.99. The number of nitrogens with zero attached hydrogens (tertiary/aromatic N) is 2. The highest BCUT2D eigenvalue weighted by Crippen LogP contribution is 2.32. The quantitative estimate of drug-likeness (QED) is 0.697. The lowest BCUT2D eigenvalue weighted by molar-refractivity contribution is -0.134. The van der Waals surface area contributed by atoms with E-state index in [1.807, 2.05) is 0 Å². The SMILES string of the molecule is CCC1(c2ccc(F)cc2)NC(=O)N(CC(=O)Nc2nc(C)c(Cl)cc2Cl)C1=O. The van der Waals surface area contributed by atoms with Crippen LogP contribution in [0.2, 0.25) is 10.0 Å². The molecule has 0 aliphatic carbocycles. The van der Waals surface area contributed by atoms with Crippen molar-refractivity contribution in [3.8, 4) is 0 Å². The van der Waals surface area contributed by atoms with Gasteiger partial charge in [0.1, 0.15) is 17.9 Å². The number of pyridine rings is 1. The molecule has 1 aromatic carbocycles. The Kier molecular flexibility index (Phi) is 5.77. The molecule has 4 amide bonds. The van der Waals surface area contributed by atoms with Crippen molar-refractivity contribution in [2.75, 3.05) is 11.9 Å². The number of halogens is 3. The molecule has 0 radical (unpaired) electrons. The second-order valence-electron chi connectivity index (χ2n) is 6.52. The molecule has 1 atom stereocenters. The maximum absolute atomic E-state index is 13.3. The van der Waals surface area contributed by atoms with Crippen molar-refractivity contribution in [1.82, 2.24) is 15.2 Å². The number of nitrogens with one attached hydrogen (secondary N) is 2. The van der Waals surface area contributed by atoms with E-state index >= 15 is 0 Å². The number of aryl methyl sites for hydroxylation is 1. The van der Waals surface area contributed by atoms with E-state index in [2.05, 4.69) is 15.6 Å². The van der Waals surface area contributed by atoms with Gasteiger partial charge in [-0.15, -0.1) is 0 Å². The third-order valence-corrected chi connectivity index (χ3v) is 5.38. The fraction of sp³-hybridized carbons (Fsp3) is 0.263. The first kappa shape index (κ1) is 21.0. The molecule has 0 bridgehead atoms. The van der Waals surface area contributed by atoms with Gasteiger partial charge in [-0.1, -0.05) is 42.3 Å². The van der Waals surface area contributed by atoms with Gasteiger partial charge in [0.2, 0.25) is 5.91 Å². The van der Waals surface area contributed by atoms with Crippen molar-refractivity contribution in [3.63, 3.8) is 0 Å². The van der Waals surface area contributed by atoms with E-state index in [0.717, 1.165) is 4.90 Å². The minimum Gasteiger partial charge on any atom is -0.319 e. The monoisotopic (exact) mass is 438 g/mol. The van der Waals surface area contributed by atoms with Gasteiger partial charge in [0.25, 0.3) is 5.91 Å². The second-order valence-corrected chi connectivity index (χ2v) is 7.34. The van der Waals surface area contributed by atoms with E-state index in [-0.39, 0.29) is 17.3 Å². The van der Waals surface area contributed by atoms with Crippen molar-refractivity contribution < 1.29 is 18.8 Å². The highest BCUT2D eigenvalue weighted by atomic mass is 35.5. The number of aromatic nitrogens is 1. The van der Waals surface area contributed by atoms with Gasteiger partial charge in [-0.05, 0) is 37.1 Å². The van der Waals surface area contributed by atoms with Gasteiger partial charge in [-0.3, -0.25) is 14.5 Å². The minimum absolute atomic E-state index is 0.0749. The summed E-state index contributed by atoms with van der Waals surface area (Å²) in [5.74, 6) is -1.64.